The first kappa shape index (κ1) is 18.7. The Morgan fingerprint density at radius 2 is 1.90 bits per heavy atom. The summed E-state index contributed by atoms with van der Waals surface area (Å²) in [5.41, 5.74) is 6.10. The fourth-order valence-corrected chi connectivity index (χ4v) is 1.37. The Morgan fingerprint density at radius 1 is 1.30 bits per heavy atom. The number of carbonyl (C=O) groups excluding carboxylic acids is 1. The van der Waals surface area contributed by atoms with Crippen molar-refractivity contribution in [2.45, 2.75) is 32.8 Å². The van der Waals surface area contributed by atoms with Crippen molar-refractivity contribution in [1.82, 2.24) is 0 Å². The second kappa shape index (κ2) is 8.78. The molecule has 0 spiro atoms. The lowest BCUT2D eigenvalue weighted by Crippen LogP contribution is -2.25. The quantitative estimate of drug-likeness (QED) is 0.358. The lowest BCUT2D eigenvalue weighted by atomic mass is 10.2. The highest BCUT2D eigenvalue weighted by Crippen LogP contribution is 2.08. The molecule has 0 heterocycles. The topological polar surface area (TPSA) is 76.7 Å². The molecule has 0 radical (unpaired) electrons. The molecule has 1 aromatic carbocycles. The number of benzene rings is 1. The molecule has 1 aromatic rings. The van der Waals surface area contributed by atoms with Gasteiger partial charge in [0.05, 0.1) is 13.0 Å². The Morgan fingerprint density at radius 3 is 2.45 bits per heavy atom. The van der Waals surface area contributed by atoms with Crippen molar-refractivity contribution in [2.75, 3.05) is 11.9 Å². The van der Waals surface area contributed by atoms with Gasteiger partial charge in [-0.3, -0.25) is 9.79 Å². The second-order valence-corrected chi connectivity index (χ2v) is 5.09. The van der Waals surface area contributed by atoms with E-state index >= 15 is 0 Å². The van der Waals surface area contributed by atoms with E-state index in [9.17, 15) is 4.79 Å². The summed E-state index contributed by atoms with van der Waals surface area (Å²) in [6, 6.07) is 9.49. The number of para-hydroxylation sites is 1. The molecule has 5 nitrogen and oxygen atoms in total. The van der Waals surface area contributed by atoms with Crippen LogP contribution in [-0.4, -0.2) is 24.1 Å². The van der Waals surface area contributed by atoms with Gasteiger partial charge in [-0.05, 0) is 32.9 Å². The molecule has 0 amide bonds. The highest BCUT2D eigenvalue weighted by molar-refractivity contribution is 14.0. The SMILES string of the molecule is CC(C)(C)OC(=O)CCN=C(N)Nc1ccccc1.I. The van der Waals surface area contributed by atoms with E-state index in [1.807, 2.05) is 51.1 Å². The third kappa shape index (κ3) is 8.73. The molecule has 6 heteroatoms. The van der Waals surface area contributed by atoms with Crippen LogP contribution in [0.1, 0.15) is 27.2 Å². The molecular weight excluding hydrogens is 369 g/mol. The molecule has 0 aliphatic carbocycles. The Labute approximate surface area is 137 Å². The highest BCUT2D eigenvalue weighted by atomic mass is 127. The fraction of sp³-hybridized carbons (Fsp3) is 0.429. The van der Waals surface area contributed by atoms with Gasteiger partial charge in [0.15, 0.2) is 5.96 Å². The summed E-state index contributed by atoms with van der Waals surface area (Å²) in [7, 11) is 0. The van der Waals surface area contributed by atoms with Crippen LogP contribution in [0, 0.1) is 0 Å². The van der Waals surface area contributed by atoms with Crippen LogP contribution in [0.5, 0.6) is 0 Å². The maximum absolute atomic E-state index is 11.4. The molecule has 20 heavy (non-hydrogen) atoms. The molecule has 0 saturated carbocycles. The lowest BCUT2D eigenvalue weighted by Gasteiger charge is -2.19. The Kier molecular flexibility index (Phi) is 8.21. The van der Waals surface area contributed by atoms with Gasteiger partial charge in [0, 0.05) is 5.69 Å². The molecule has 0 unspecified atom stereocenters. The van der Waals surface area contributed by atoms with Crippen molar-refractivity contribution in [1.29, 1.82) is 0 Å². The van der Waals surface area contributed by atoms with Crippen molar-refractivity contribution in [3.63, 3.8) is 0 Å². The molecule has 112 valence electrons. The number of anilines is 1. The molecule has 0 bridgehead atoms. The zero-order valence-electron chi connectivity index (χ0n) is 12.1. The van der Waals surface area contributed by atoms with Crippen molar-refractivity contribution >= 4 is 41.6 Å². The van der Waals surface area contributed by atoms with Gasteiger partial charge in [0.1, 0.15) is 5.60 Å². The van der Waals surface area contributed by atoms with Crippen molar-refractivity contribution in [2.24, 2.45) is 10.7 Å². The molecule has 3 N–H and O–H groups in total. The summed E-state index contributed by atoms with van der Waals surface area (Å²) >= 11 is 0. The molecule has 0 atom stereocenters. The number of aliphatic imine (C=N–C) groups is 1. The van der Waals surface area contributed by atoms with Crippen LogP contribution in [-0.2, 0) is 9.53 Å². The van der Waals surface area contributed by atoms with E-state index in [4.69, 9.17) is 10.5 Å². The minimum Gasteiger partial charge on any atom is -0.460 e. The molecule has 0 aliphatic rings. The van der Waals surface area contributed by atoms with Gasteiger partial charge in [-0.2, -0.15) is 0 Å². The molecule has 0 fully saturated rings. The Hall–Kier alpha value is -1.31. The largest absolute Gasteiger partial charge is 0.460 e. The van der Waals surface area contributed by atoms with Gasteiger partial charge < -0.3 is 15.8 Å². The van der Waals surface area contributed by atoms with Gasteiger partial charge >= 0.3 is 5.97 Å². The van der Waals surface area contributed by atoms with E-state index in [0.717, 1.165) is 5.69 Å². The van der Waals surface area contributed by atoms with E-state index < -0.39 is 5.60 Å². The first-order chi connectivity index (χ1) is 8.87. The number of halogens is 1. The number of esters is 1. The summed E-state index contributed by atoms with van der Waals surface area (Å²) in [6.07, 6.45) is 0.217. The average molecular weight is 391 g/mol. The predicted octanol–water partition coefficient (Wildman–Crippen LogP) is 2.76. The summed E-state index contributed by atoms with van der Waals surface area (Å²) in [6.45, 7) is 5.80. The van der Waals surface area contributed by atoms with Gasteiger partial charge in [-0.1, -0.05) is 18.2 Å². The van der Waals surface area contributed by atoms with Gasteiger partial charge in [-0.15, -0.1) is 24.0 Å². The number of nitrogens with zero attached hydrogens (tertiary/aromatic N) is 1. The molecule has 0 aromatic heterocycles. The van der Waals surface area contributed by atoms with E-state index in [1.54, 1.807) is 0 Å². The van der Waals surface area contributed by atoms with E-state index in [0.29, 0.717) is 6.54 Å². The first-order valence-corrected chi connectivity index (χ1v) is 6.21. The predicted molar refractivity (Wildman–Crippen MR) is 92.4 cm³/mol. The highest BCUT2D eigenvalue weighted by Gasteiger charge is 2.15. The number of guanidine groups is 1. The van der Waals surface area contributed by atoms with Gasteiger partial charge in [-0.25, -0.2) is 0 Å². The normalized spacial score (nSPS) is 11.4. The molecular formula is C14H22IN3O2. The average Bonchev–Trinajstić information content (AvgIpc) is 2.27. The Balaban J connectivity index is 0.00000361. The number of hydrogen-bond acceptors (Lipinski definition) is 3. The standard InChI is InChI=1S/C14H21N3O2.HI/c1-14(2,3)19-12(18)9-10-16-13(15)17-11-7-5-4-6-8-11;/h4-8H,9-10H2,1-3H3,(H3,15,16,17);1H. The van der Waals surface area contributed by atoms with Crippen LogP contribution in [0.4, 0.5) is 5.69 Å². The zero-order chi connectivity index (χ0) is 14.3. The molecule has 1 rings (SSSR count). The maximum atomic E-state index is 11.4. The Bertz CT molecular complexity index is 441. The number of nitrogens with one attached hydrogen (secondary N) is 1. The smallest absolute Gasteiger partial charge is 0.308 e. The van der Waals surface area contributed by atoms with Crippen LogP contribution in [0.3, 0.4) is 0 Å². The second-order valence-electron chi connectivity index (χ2n) is 5.09. The van der Waals surface area contributed by atoms with E-state index in [-0.39, 0.29) is 42.3 Å². The summed E-state index contributed by atoms with van der Waals surface area (Å²) in [4.78, 5) is 15.5. The van der Waals surface area contributed by atoms with Crippen molar-refractivity contribution < 1.29 is 9.53 Å². The number of carbonyl (C=O) groups is 1. The van der Waals surface area contributed by atoms with Crippen LogP contribution in [0.25, 0.3) is 0 Å². The third-order valence-electron chi connectivity index (χ3n) is 2.06. The van der Waals surface area contributed by atoms with Crippen molar-refractivity contribution in [3.8, 4) is 0 Å². The minimum atomic E-state index is -0.464. The van der Waals surface area contributed by atoms with Crippen molar-refractivity contribution in [3.05, 3.63) is 30.3 Å². The summed E-state index contributed by atoms with van der Waals surface area (Å²) in [5.74, 6) is 0.0125. The summed E-state index contributed by atoms with van der Waals surface area (Å²) < 4.78 is 5.17. The zero-order valence-corrected chi connectivity index (χ0v) is 14.4. The fourth-order valence-electron chi connectivity index (χ4n) is 1.37. The third-order valence-corrected chi connectivity index (χ3v) is 2.06. The number of ether oxygens (including phenoxy) is 1. The maximum Gasteiger partial charge on any atom is 0.308 e. The van der Waals surface area contributed by atoms with E-state index in [1.165, 1.54) is 0 Å². The molecule has 0 saturated heterocycles. The number of rotatable bonds is 4. The lowest BCUT2D eigenvalue weighted by molar-refractivity contribution is -0.154. The number of nitrogens with two attached hydrogens (primary N) is 1. The number of hydrogen-bond donors (Lipinski definition) is 2. The van der Waals surface area contributed by atoms with E-state index in [2.05, 4.69) is 10.3 Å². The minimum absolute atomic E-state index is 0. The summed E-state index contributed by atoms with van der Waals surface area (Å²) in [5, 5.41) is 2.94. The molecule has 0 aliphatic heterocycles. The van der Waals surface area contributed by atoms with Crippen LogP contribution >= 0.6 is 24.0 Å². The monoisotopic (exact) mass is 391 g/mol. The van der Waals surface area contributed by atoms with Gasteiger partial charge in [0.2, 0.25) is 0 Å². The van der Waals surface area contributed by atoms with Crippen LogP contribution in [0.15, 0.2) is 35.3 Å². The van der Waals surface area contributed by atoms with Crippen LogP contribution < -0.4 is 11.1 Å². The van der Waals surface area contributed by atoms with Gasteiger partial charge in [0.25, 0.3) is 0 Å². The first-order valence-electron chi connectivity index (χ1n) is 6.21. The van der Waals surface area contributed by atoms with Crippen LogP contribution in [0.2, 0.25) is 0 Å².